The molecule has 1 heterocycles. The van der Waals surface area contributed by atoms with Gasteiger partial charge in [-0.1, -0.05) is 20.3 Å². The number of carbonyl (C=O) groups is 3. The maximum atomic E-state index is 13.1. The van der Waals surface area contributed by atoms with Crippen molar-refractivity contribution >= 4 is 23.7 Å². The fourth-order valence-electron chi connectivity index (χ4n) is 4.01. The first kappa shape index (κ1) is 24.3. The number of carbonyl (C=O) groups excluding carboxylic acids is 2. The Morgan fingerprint density at radius 2 is 2.03 bits per heavy atom. The summed E-state index contributed by atoms with van der Waals surface area (Å²) in [5.74, 6) is -2.61. The van der Waals surface area contributed by atoms with Gasteiger partial charge in [0.1, 0.15) is 17.5 Å². The summed E-state index contributed by atoms with van der Waals surface area (Å²) in [4.78, 5) is 38.4. The third-order valence-electron chi connectivity index (χ3n) is 6.16. The number of fused-ring (bicyclic) bond motifs is 2. The molecule has 1 amide bonds. The van der Waals surface area contributed by atoms with Crippen LogP contribution in [0.5, 0.6) is 11.5 Å². The minimum Gasteiger partial charge on any atom is -0.507 e. The molecule has 1 aromatic rings. The van der Waals surface area contributed by atoms with Crippen LogP contribution in [0.25, 0.3) is 6.08 Å². The molecule has 0 bridgehead atoms. The summed E-state index contributed by atoms with van der Waals surface area (Å²) in [6.07, 6.45) is 3.24. The van der Waals surface area contributed by atoms with E-state index in [9.17, 15) is 34.8 Å². The first-order valence-corrected chi connectivity index (χ1v) is 10.5. The van der Waals surface area contributed by atoms with Gasteiger partial charge < -0.3 is 35.4 Å². The van der Waals surface area contributed by atoms with Gasteiger partial charge in [-0.15, -0.1) is 0 Å². The topological polar surface area (TPSA) is 157 Å². The Balaban J connectivity index is 1.94. The van der Waals surface area contributed by atoms with Crippen LogP contribution in [0.3, 0.4) is 0 Å². The molecule has 1 aliphatic heterocycles. The number of aliphatic hydroxyl groups excluding tert-OH is 1. The van der Waals surface area contributed by atoms with E-state index < -0.39 is 42.6 Å². The Labute approximate surface area is 190 Å². The van der Waals surface area contributed by atoms with Crippen molar-refractivity contribution in [2.24, 2.45) is 5.92 Å². The monoisotopic (exact) mass is 460 g/mol. The van der Waals surface area contributed by atoms with Gasteiger partial charge in [-0.25, -0.2) is 4.79 Å². The molecule has 1 aliphatic carbocycles. The maximum absolute atomic E-state index is 13.1. The van der Waals surface area contributed by atoms with Gasteiger partial charge in [0, 0.05) is 24.3 Å². The SMILES string of the molecule is CCC(C)C(NC(=O)CN1C=C2C(=O)c3c(O)cc(OC)cc3C=C2CC1(O)CO)C(=O)O. The summed E-state index contributed by atoms with van der Waals surface area (Å²) in [6, 6.07) is 1.78. The summed E-state index contributed by atoms with van der Waals surface area (Å²) >= 11 is 0. The molecular weight excluding hydrogens is 432 g/mol. The number of Topliss-reactive ketones (excluding diaryl/α,β-unsaturated/α-hetero) is 1. The van der Waals surface area contributed by atoms with Crippen LogP contribution in [0.4, 0.5) is 0 Å². The van der Waals surface area contributed by atoms with Crippen molar-refractivity contribution in [2.75, 3.05) is 20.3 Å². The molecule has 0 saturated carbocycles. The Bertz CT molecular complexity index is 1050. The van der Waals surface area contributed by atoms with E-state index in [-0.39, 0.29) is 29.2 Å². The normalized spacial score (nSPS) is 21.2. The number of phenols is 1. The molecule has 178 valence electrons. The molecule has 0 saturated heterocycles. The highest BCUT2D eigenvalue weighted by molar-refractivity contribution is 6.18. The van der Waals surface area contributed by atoms with E-state index in [1.807, 2.05) is 0 Å². The second-order valence-corrected chi connectivity index (χ2v) is 8.37. The predicted octanol–water partition coefficient (Wildman–Crippen LogP) is 0.866. The first-order valence-electron chi connectivity index (χ1n) is 10.5. The molecule has 10 nitrogen and oxygen atoms in total. The third-order valence-corrected chi connectivity index (χ3v) is 6.16. The summed E-state index contributed by atoms with van der Waals surface area (Å²) in [5, 5.41) is 43.1. The Morgan fingerprint density at radius 3 is 2.61 bits per heavy atom. The standard InChI is InChI=1S/C23H28N2O8/c1-4-12(2)20(22(30)31)24-18(28)10-25-9-16-14(8-23(25,32)11-26)5-13-6-15(33-3)7-17(27)19(13)21(16)29/h5-7,9,12,20,26-27,32H,4,8,10-11H2,1-3H3,(H,24,28)(H,30,31). The molecule has 0 fully saturated rings. The summed E-state index contributed by atoms with van der Waals surface area (Å²) < 4.78 is 5.13. The van der Waals surface area contributed by atoms with Crippen molar-refractivity contribution in [1.82, 2.24) is 10.2 Å². The number of carboxylic acid groups (broad SMARTS) is 1. The lowest BCUT2D eigenvalue weighted by atomic mass is 9.81. The zero-order valence-electron chi connectivity index (χ0n) is 18.7. The number of ketones is 1. The quantitative estimate of drug-likeness (QED) is 0.380. The van der Waals surface area contributed by atoms with Crippen molar-refractivity contribution in [1.29, 1.82) is 0 Å². The van der Waals surface area contributed by atoms with Crippen molar-refractivity contribution < 1.29 is 39.5 Å². The van der Waals surface area contributed by atoms with E-state index in [1.165, 1.54) is 19.4 Å². The molecular formula is C23H28N2O8. The molecule has 3 unspecified atom stereocenters. The Morgan fingerprint density at radius 1 is 1.33 bits per heavy atom. The molecule has 33 heavy (non-hydrogen) atoms. The number of benzene rings is 1. The van der Waals surface area contributed by atoms with Gasteiger partial charge in [-0.05, 0) is 29.2 Å². The third kappa shape index (κ3) is 4.57. The average molecular weight is 460 g/mol. The van der Waals surface area contributed by atoms with E-state index in [0.717, 1.165) is 4.90 Å². The lowest BCUT2D eigenvalue weighted by molar-refractivity contribution is -0.147. The number of aromatic hydroxyl groups is 1. The van der Waals surface area contributed by atoms with Gasteiger partial charge in [0.25, 0.3) is 0 Å². The molecule has 1 aromatic carbocycles. The smallest absolute Gasteiger partial charge is 0.326 e. The average Bonchev–Trinajstić information content (AvgIpc) is 2.77. The zero-order valence-corrected chi connectivity index (χ0v) is 18.7. The Hall–Kier alpha value is -3.37. The molecule has 5 N–H and O–H groups in total. The van der Waals surface area contributed by atoms with Crippen molar-refractivity contribution in [3.63, 3.8) is 0 Å². The second-order valence-electron chi connectivity index (χ2n) is 8.37. The minimum absolute atomic E-state index is 0.0624. The van der Waals surface area contributed by atoms with Gasteiger partial charge in [-0.3, -0.25) is 9.59 Å². The largest absolute Gasteiger partial charge is 0.507 e. The fourth-order valence-corrected chi connectivity index (χ4v) is 4.01. The number of allylic oxidation sites excluding steroid dienone is 1. The number of ether oxygens (including phenoxy) is 1. The van der Waals surface area contributed by atoms with Crippen LogP contribution in [-0.2, 0) is 9.59 Å². The number of hydrogen-bond acceptors (Lipinski definition) is 8. The summed E-state index contributed by atoms with van der Waals surface area (Å²) in [6.45, 7) is 2.28. The van der Waals surface area contributed by atoms with Gasteiger partial charge in [0.05, 0.1) is 25.8 Å². The number of aliphatic carboxylic acids is 1. The van der Waals surface area contributed by atoms with Crippen LogP contribution in [0.1, 0.15) is 42.6 Å². The lowest BCUT2D eigenvalue weighted by Gasteiger charge is -2.43. The number of nitrogens with one attached hydrogen (secondary N) is 1. The van der Waals surface area contributed by atoms with Crippen molar-refractivity contribution in [3.05, 3.63) is 40.6 Å². The van der Waals surface area contributed by atoms with Gasteiger partial charge in [0.2, 0.25) is 5.91 Å². The molecule has 0 radical (unpaired) electrons. The fraction of sp³-hybridized carbons (Fsp3) is 0.435. The van der Waals surface area contributed by atoms with E-state index in [0.29, 0.717) is 23.3 Å². The summed E-state index contributed by atoms with van der Waals surface area (Å²) in [7, 11) is 1.43. The highest BCUT2D eigenvalue weighted by Crippen LogP contribution is 2.42. The van der Waals surface area contributed by atoms with Crippen LogP contribution >= 0.6 is 0 Å². The highest BCUT2D eigenvalue weighted by atomic mass is 16.5. The molecule has 0 spiro atoms. The molecule has 3 atom stereocenters. The Kier molecular flexibility index (Phi) is 6.80. The van der Waals surface area contributed by atoms with Gasteiger partial charge >= 0.3 is 5.97 Å². The second kappa shape index (κ2) is 9.24. The summed E-state index contributed by atoms with van der Waals surface area (Å²) in [5.41, 5.74) is -0.830. The number of nitrogens with zero attached hydrogens (tertiary/aromatic N) is 1. The number of phenolic OH excluding ortho intramolecular Hbond substituents is 1. The number of methoxy groups -OCH3 is 1. The lowest BCUT2D eigenvalue weighted by Crippen LogP contribution is -2.56. The number of amides is 1. The number of hydrogen-bond donors (Lipinski definition) is 5. The highest BCUT2D eigenvalue weighted by Gasteiger charge is 2.42. The van der Waals surface area contributed by atoms with Crippen molar-refractivity contribution in [3.8, 4) is 11.5 Å². The van der Waals surface area contributed by atoms with Crippen LogP contribution in [0.2, 0.25) is 0 Å². The van der Waals surface area contributed by atoms with E-state index >= 15 is 0 Å². The first-order chi connectivity index (χ1) is 15.5. The van der Waals surface area contributed by atoms with E-state index in [2.05, 4.69) is 5.32 Å². The van der Waals surface area contributed by atoms with Crippen LogP contribution < -0.4 is 10.1 Å². The van der Waals surface area contributed by atoms with Gasteiger partial charge in [-0.2, -0.15) is 0 Å². The van der Waals surface area contributed by atoms with Gasteiger partial charge in [0.15, 0.2) is 11.5 Å². The molecule has 0 aromatic heterocycles. The zero-order chi connectivity index (χ0) is 24.5. The molecule has 10 heteroatoms. The predicted molar refractivity (Wildman–Crippen MR) is 117 cm³/mol. The number of rotatable bonds is 8. The van der Waals surface area contributed by atoms with Crippen LogP contribution in [0, 0.1) is 5.92 Å². The molecule has 2 aliphatic rings. The van der Waals surface area contributed by atoms with E-state index in [1.54, 1.807) is 26.0 Å². The van der Waals surface area contributed by atoms with Crippen LogP contribution in [0.15, 0.2) is 29.5 Å². The van der Waals surface area contributed by atoms with Crippen molar-refractivity contribution in [2.45, 2.75) is 38.5 Å². The minimum atomic E-state index is -1.89. The number of carboxylic acids is 1. The van der Waals surface area contributed by atoms with E-state index in [4.69, 9.17) is 4.74 Å². The maximum Gasteiger partial charge on any atom is 0.326 e. The molecule has 3 rings (SSSR count). The van der Waals surface area contributed by atoms with Crippen LogP contribution in [-0.4, -0.2) is 75.0 Å². The number of aliphatic hydroxyl groups is 2.